The number of allylic oxidation sites excluding steroid dienone is 1. The van der Waals surface area contributed by atoms with Gasteiger partial charge in [-0.2, -0.15) is 0 Å². The molecule has 1 aromatic rings. The van der Waals surface area contributed by atoms with Crippen LogP contribution in [0.4, 0.5) is 0 Å². The molecule has 0 aliphatic heterocycles. The molecule has 1 aliphatic rings. The number of aryl methyl sites for hydroxylation is 1. The van der Waals surface area contributed by atoms with E-state index in [1.165, 1.54) is 18.4 Å². The molecule has 0 spiro atoms. The first-order valence-corrected chi connectivity index (χ1v) is 6.63. The predicted molar refractivity (Wildman–Crippen MR) is 71.2 cm³/mol. The van der Waals surface area contributed by atoms with E-state index in [0.29, 0.717) is 6.54 Å². The number of hydrogen-bond acceptors (Lipinski definition) is 2. The topological polar surface area (TPSA) is 46.9 Å². The van der Waals surface area contributed by atoms with Crippen molar-refractivity contribution in [2.75, 3.05) is 6.54 Å². The number of nitrogens with one attached hydrogen (secondary N) is 1. The van der Waals surface area contributed by atoms with Crippen LogP contribution in [0, 0.1) is 6.92 Å². The molecule has 1 N–H and O–H groups in total. The van der Waals surface area contributed by atoms with E-state index in [0.717, 1.165) is 18.7 Å². The minimum atomic E-state index is -0.198. The molecule has 0 bridgehead atoms. The maximum absolute atomic E-state index is 12.0. The van der Waals surface area contributed by atoms with Crippen molar-refractivity contribution in [1.82, 2.24) is 14.9 Å². The number of hydrogen-bond donors (Lipinski definition) is 1. The Morgan fingerprint density at radius 2 is 2.39 bits per heavy atom. The largest absolute Gasteiger partial charge is 0.351 e. The summed E-state index contributed by atoms with van der Waals surface area (Å²) >= 11 is 0. The molecule has 0 fully saturated rings. The van der Waals surface area contributed by atoms with Gasteiger partial charge in [0.05, 0.1) is 0 Å². The molecule has 18 heavy (non-hydrogen) atoms. The Hall–Kier alpha value is -1.58. The van der Waals surface area contributed by atoms with Gasteiger partial charge in [0.25, 0.3) is 0 Å². The quantitative estimate of drug-likeness (QED) is 0.830. The molecular weight excluding hydrogens is 226 g/mol. The Bertz CT molecular complexity index is 448. The van der Waals surface area contributed by atoms with Gasteiger partial charge in [-0.1, -0.05) is 11.6 Å². The summed E-state index contributed by atoms with van der Waals surface area (Å²) in [6.07, 6.45) is 10.6. The highest BCUT2D eigenvalue weighted by Gasteiger charge is 2.16. The van der Waals surface area contributed by atoms with Crippen molar-refractivity contribution in [3.8, 4) is 0 Å². The zero-order valence-corrected chi connectivity index (χ0v) is 11.1. The van der Waals surface area contributed by atoms with Crippen molar-refractivity contribution >= 4 is 5.91 Å². The Labute approximate surface area is 108 Å². The first-order valence-electron chi connectivity index (χ1n) is 6.63. The smallest absolute Gasteiger partial charge is 0.243 e. The van der Waals surface area contributed by atoms with Crippen LogP contribution in [0.25, 0.3) is 0 Å². The number of aromatic nitrogens is 2. The van der Waals surface area contributed by atoms with Gasteiger partial charge in [-0.05, 0) is 39.5 Å². The fourth-order valence-corrected chi connectivity index (χ4v) is 2.34. The SMILES string of the molecule is Cc1nccn1[C@H](C)C(=O)NCC1=CCCCC1. The van der Waals surface area contributed by atoms with Crippen molar-refractivity contribution in [2.45, 2.75) is 45.6 Å². The first kappa shape index (κ1) is 12.9. The lowest BCUT2D eigenvalue weighted by Gasteiger charge is -2.17. The van der Waals surface area contributed by atoms with E-state index in [4.69, 9.17) is 0 Å². The zero-order chi connectivity index (χ0) is 13.0. The summed E-state index contributed by atoms with van der Waals surface area (Å²) in [6.45, 7) is 4.50. The molecular formula is C14H21N3O. The van der Waals surface area contributed by atoms with Crippen molar-refractivity contribution in [3.05, 3.63) is 29.9 Å². The lowest BCUT2D eigenvalue weighted by molar-refractivity contribution is -0.123. The summed E-state index contributed by atoms with van der Waals surface area (Å²) in [5.74, 6) is 0.928. The average molecular weight is 247 g/mol. The summed E-state index contributed by atoms with van der Waals surface area (Å²) in [7, 11) is 0. The van der Waals surface area contributed by atoms with E-state index in [-0.39, 0.29) is 11.9 Å². The highest BCUT2D eigenvalue weighted by molar-refractivity contribution is 5.80. The summed E-state index contributed by atoms with van der Waals surface area (Å²) in [4.78, 5) is 16.2. The molecule has 0 saturated heterocycles. The summed E-state index contributed by atoms with van der Waals surface area (Å²) in [5, 5.41) is 3.01. The molecule has 0 saturated carbocycles. The molecule has 1 amide bonds. The van der Waals surface area contributed by atoms with Gasteiger partial charge >= 0.3 is 0 Å². The standard InChI is InChI=1S/C14H21N3O/c1-11(17-9-8-15-12(17)2)14(18)16-10-13-6-4-3-5-7-13/h6,8-9,11H,3-5,7,10H2,1-2H3,(H,16,18)/t11-/m1/s1. The van der Waals surface area contributed by atoms with E-state index in [9.17, 15) is 4.79 Å². The van der Waals surface area contributed by atoms with E-state index in [1.54, 1.807) is 6.20 Å². The minimum absolute atomic E-state index is 0.0579. The normalized spacial score (nSPS) is 17.1. The highest BCUT2D eigenvalue weighted by atomic mass is 16.2. The maximum atomic E-state index is 12.0. The fourth-order valence-electron chi connectivity index (χ4n) is 2.34. The number of carbonyl (C=O) groups excluding carboxylic acids is 1. The van der Waals surface area contributed by atoms with Gasteiger partial charge in [0, 0.05) is 18.9 Å². The molecule has 1 atom stereocenters. The number of carbonyl (C=O) groups is 1. The number of imidazole rings is 1. The minimum Gasteiger partial charge on any atom is -0.351 e. The maximum Gasteiger partial charge on any atom is 0.243 e. The van der Waals surface area contributed by atoms with Crippen LogP contribution in [0.15, 0.2) is 24.0 Å². The van der Waals surface area contributed by atoms with E-state index in [1.807, 2.05) is 24.6 Å². The second-order valence-corrected chi connectivity index (χ2v) is 4.88. The van der Waals surface area contributed by atoms with Crippen LogP contribution in [-0.2, 0) is 4.79 Å². The number of rotatable bonds is 4. The van der Waals surface area contributed by atoms with E-state index < -0.39 is 0 Å². The molecule has 1 heterocycles. The predicted octanol–water partition coefficient (Wildman–Crippen LogP) is 2.37. The molecule has 4 nitrogen and oxygen atoms in total. The van der Waals surface area contributed by atoms with Gasteiger partial charge in [-0.25, -0.2) is 4.98 Å². The Kier molecular flexibility index (Phi) is 4.18. The van der Waals surface area contributed by atoms with Crippen LogP contribution in [-0.4, -0.2) is 22.0 Å². The van der Waals surface area contributed by atoms with Gasteiger partial charge in [0.15, 0.2) is 0 Å². The van der Waals surface area contributed by atoms with Crippen LogP contribution >= 0.6 is 0 Å². The number of amides is 1. The van der Waals surface area contributed by atoms with Gasteiger partial charge in [0.2, 0.25) is 5.91 Å². The van der Waals surface area contributed by atoms with Crippen molar-refractivity contribution < 1.29 is 4.79 Å². The van der Waals surface area contributed by atoms with Crippen LogP contribution in [0.2, 0.25) is 0 Å². The monoisotopic (exact) mass is 247 g/mol. The second kappa shape index (κ2) is 5.85. The van der Waals surface area contributed by atoms with Crippen molar-refractivity contribution in [1.29, 1.82) is 0 Å². The first-order chi connectivity index (χ1) is 8.68. The van der Waals surface area contributed by atoms with Crippen molar-refractivity contribution in [2.24, 2.45) is 0 Å². The lowest BCUT2D eigenvalue weighted by Crippen LogP contribution is -2.32. The van der Waals surface area contributed by atoms with Gasteiger partial charge < -0.3 is 9.88 Å². The van der Waals surface area contributed by atoms with Gasteiger partial charge in [-0.3, -0.25) is 4.79 Å². The zero-order valence-electron chi connectivity index (χ0n) is 11.1. The number of nitrogens with zero attached hydrogens (tertiary/aromatic N) is 2. The Morgan fingerprint density at radius 1 is 1.56 bits per heavy atom. The third kappa shape index (κ3) is 3.00. The molecule has 98 valence electrons. The Morgan fingerprint density at radius 3 is 3.00 bits per heavy atom. The molecule has 0 unspecified atom stereocenters. The molecule has 4 heteroatoms. The van der Waals surface area contributed by atoms with Gasteiger partial charge in [-0.15, -0.1) is 0 Å². The fraction of sp³-hybridized carbons (Fsp3) is 0.571. The third-order valence-corrected chi connectivity index (χ3v) is 3.53. The van der Waals surface area contributed by atoms with Crippen molar-refractivity contribution in [3.63, 3.8) is 0 Å². The van der Waals surface area contributed by atoms with E-state index in [2.05, 4.69) is 16.4 Å². The summed E-state index contributed by atoms with van der Waals surface area (Å²) in [6, 6.07) is -0.198. The van der Waals surface area contributed by atoms with Crippen LogP contribution < -0.4 is 5.32 Å². The second-order valence-electron chi connectivity index (χ2n) is 4.88. The lowest BCUT2D eigenvalue weighted by atomic mass is 10.00. The molecule has 2 rings (SSSR count). The summed E-state index contributed by atoms with van der Waals surface area (Å²) < 4.78 is 1.89. The molecule has 1 aliphatic carbocycles. The third-order valence-electron chi connectivity index (χ3n) is 3.53. The molecule has 0 radical (unpaired) electrons. The van der Waals surface area contributed by atoms with Crippen LogP contribution in [0.3, 0.4) is 0 Å². The molecule has 0 aromatic carbocycles. The van der Waals surface area contributed by atoms with Crippen LogP contribution in [0.5, 0.6) is 0 Å². The van der Waals surface area contributed by atoms with Crippen LogP contribution in [0.1, 0.15) is 44.5 Å². The highest BCUT2D eigenvalue weighted by Crippen LogP contribution is 2.16. The van der Waals surface area contributed by atoms with E-state index >= 15 is 0 Å². The molecule has 1 aromatic heterocycles. The average Bonchev–Trinajstić information content (AvgIpc) is 2.82. The van der Waals surface area contributed by atoms with Gasteiger partial charge in [0.1, 0.15) is 11.9 Å². The summed E-state index contributed by atoms with van der Waals surface area (Å²) in [5.41, 5.74) is 1.36. The Balaban J connectivity index is 1.88.